The molecule has 1 aromatic heterocycles. The lowest BCUT2D eigenvalue weighted by Crippen LogP contribution is -2.47. The van der Waals surface area contributed by atoms with Crippen LogP contribution in [0.15, 0.2) is 48.7 Å². The van der Waals surface area contributed by atoms with E-state index < -0.39 is 0 Å². The normalized spacial score (nSPS) is 16.7. The number of rotatable bonds is 7. The van der Waals surface area contributed by atoms with Crippen LogP contribution >= 0.6 is 0 Å². The Labute approximate surface area is 161 Å². The molecular formula is C21H29N5O. The van der Waals surface area contributed by atoms with Gasteiger partial charge in [0.15, 0.2) is 0 Å². The zero-order valence-corrected chi connectivity index (χ0v) is 16.2. The Kier molecular flexibility index (Phi) is 6.79. The summed E-state index contributed by atoms with van der Waals surface area (Å²) in [5.74, 6) is -0.158. The van der Waals surface area contributed by atoms with Gasteiger partial charge in [0.1, 0.15) is 5.69 Å². The minimum atomic E-state index is -0.158. The van der Waals surface area contributed by atoms with Gasteiger partial charge in [-0.2, -0.15) is 0 Å². The Morgan fingerprint density at radius 3 is 2.63 bits per heavy atom. The third-order valence-electron chi connectivity index (χ3n) is 4.83. The molecule has 1 saturated heterocycles. The molecule has 6 heteroatoms. The molecule has 1 amide bonds. The Hall–Kier alpha value is -2.44. The zero-order chi connectivity index (χ0) is 19.1. The van der Waals surface area contributed by atoms with Crippen LogP contribution in [0.25, 0.3) is 0 Å². The molecule has 2 aromatic rings. The maximum atomic E-state index is 12.4. The second-order valence-corrected chi connectivity index (χ2v) is 7.25. The van der Waals surface area contributed by atoms with E-state index in [9.17, 15) is 4.79 Å². The van der Waals surface area contributed by atoms with Gasteiger partial charge in [0, 0.05) is 57.2 Å². The molecule has 1 atom stereocenters. The largest absolute Gasteiger partial charge is 0.381 e. The average Bonchev–Trinajstić information content (AvgIpc) is 2.69. The van der Waals surface area contributed by atoms with Crippen molar-refractivity contribution in [3.8, 4) is 0 Å². The van der Waals surface area contributed by atoms with Crippen molar-refractivity contribution in [3.05, 3.63) is 59.9 Å². The summed E-state index contributed by atoms with van der Waals surface area (Å²) < 4.78 is 0. The molecule has 27 heavy (non-hydrogen) atoms. The summed E-state index contributed by atoms with van der Waals surface area (Å²) in [6.07, 6.45) is 1.68. The third-order valence-corrected chi connectivity index (χ3v) is 4.83. The first-order valence-corrected chi connectivity index (χ1v) is 9.56. The van der Waals surface area contributed by atoms with E-state index >= 15 is 0 Å². The number of nitrogens with one attached hydrogen (secondary N) is 2. The smallest absolute Gasteiger partial charge is 0.270 e. The summed E-state index contributed by atoms with van der Waals surface area (Å²) in [7, 11) is 2.17. The molecule has 1 aromatic carbocycles. The summed E-state index contributed by atoms with van der Waals surface area (Å²) in [5, 5.41) is 6.42. The first-order valence-electron chi connectivity index (χ1n) is 9.56. The van der Waals surface area contributed by atoms with E-state index in [1.165, 1.54) is 0 Å². The topological polar surface area (TPSA) is 60.5 Å². The second kappa shape index (κ2) is 9.48. The molecule has 3 rings (SSSR count). The van der Waals surface area contributed by atoms with Gasteiger partial charge in [-0.15, -0.1) is 0 Å². The number of benzene rings is 1. The molecule has 1 aliphatic rings. The van der Waals surface area contributed by atoms with Crippen LogP contribution in [0.4, 0.5) is 5.69 Å². The maximum absolute atomic E-state index is 12.4. The van der Waals surface area contributed by atoms with Gasteiger partial charge in [0.25, 0.3) is 5.91 Å². The molecule has 1 fully saturated rings. The van der Waals surface area contributed by atoms with E-state index in [1.807, 2.05) is 42.5 Å². The van der Waals surface area contributed by atoms with Crippen molar-refractivity contribution in [2.75, 3.05) is 45.1 Å². The zero-order valence-electron chi connectivity index (χ0n) is 16.2. The molecule has 0 spiro atoms. The molecule has 2 N–H and O–H groups in total. The molecule has 0 aliphatic carbocycles. The van der Waals surface area contributed by atoms with Crippen LogP contribution in [-0.2, 0) is 6.54 Å². The van der Waals surface area contributed by atoms with Crippen LogP contribution < -0.4 is 10.6 Å². The summed E-state index contributed by atoms with van der Waals surface area (Å²) in [6.45, 7) is 8.11. The van der Waals surface area contributed by atoms with E-state index in [0.29, 0.717) is 18.3 Å². The van der Waals surface area contributed by atoms with Gasteiger partial charge in [-0.25, -0.2) is 0 Å². The number of anilines is 1. The lowest BCUT2D eigenvalue weighted by Gasteiger charge is -2.34. The number of piperazine rings is 1. The molecule has 1 unspecified atom stereocenters. The highest BCUT2D eigenvalue weighted by atomic mass is 16.1. The lowest BCUT2D eigenvalue weighted by atomic mass is 10.2. The third kappa shape index (κ3) is 6.05. The molecule has 0 bridgehead atoms. The summed E-state index contributed by atoms with van der Waals surface area (Å²) in [4.78, 5) is 21.4. The van der Waals surface area contributed by atoms with E-state index in [-0.39, 0.29) is 5.91 Å². The first kappa shape index (κ1) is 19.3. The summed E-state index contributed by atoms with van der Waals surface area (Å²) in [6, 6.07) is 13.9. The average molecular weight is 367 g/mol. The number of hydrogen-bond acceptors (Lipinski definition) is 5. The van der Waals surface area contributed by atoms with Gasteiger partial charge in [-0.05, 0) is 31.7 Å². The van der Waals surface area contributed by atoms with Gasteiger partial charge < -0.3 is 15.5 Å². The highest BCUT2D eigenvalue weighted by molar-refractivity contribution is 5.93. The van der Waals surface area contributed by atoms with Crippen molar-refractivity contribution in [1.82, 2.24) is 20.1 Å². The fourth-order valence-corrected chi connectivity index (χ4v) is 3.26. The summed E-state index contributed by atoms with van der Waals surface area (Å²) in [5.41, 5.74) is 2.43. The minimum Gasteiger partial charge on any atom is -0.381 e. The van der Waals surface area contributed by atoms with Crippen LogP contribution in [0.3, 0.4) is 0 Å². The van der Waals surface area contributed by atoms with E-state index in [0.717, 1.165) is 44.0 Å². The molecule has 0 saturated carbocycles. The van der Waals surface area contributed by atoms with Crippen LogP contribution in [0.1, 0.15) is 23.0 Å². The van der Waals surface area contributed by atoms with Gasteiger partial charge in [-0.1, -0.05) is 30.3 Å². The first-order chi connectivity index (χ1) is 13.1. The van der Waals surface area contributed by atoms with E-state index in [2.05, 4.69) is 39.4 Å². The van der Waals surface area contributed by atoms with Crippen molar-refractivity contribution < 1.29 is 4.79 Å². The van der Waals surface area contributed by atoms with Crippen molar-refractivity contribution in [2.45, 2.75) is 19.5 Å². The Morgan fingerprint density at radius 2 is 1.89 bits per heavy atom. The number of amides is 1. The van der Waals surface area contributed by atoms with E-state index in [4.69, 9.17) is 0 Å². The highest BCUT2D eigenvalue weighted by Crippen LogP contribution is 2.11. The van der Waals surface area contributed by atoms with Crippen LogP contribution in [0.5, 0.6) is 0 Å². The van der Waals surface area contributed by atoms with Gasteiger partial charge >= 0.3 is 0 Å². The summed E-state index contributed by atoms with van der Waals surface area (Å²) >= 11 is 0. The van der Waals surface area contributed by atoms with Crippen molar-refractivity contribution in [2.24, 2.45) is 0 Å². The monoisotopic (exact) mass is 367 g/mol. The molecule has 2 heterocycles. The predicted molar refractivity (Wildman–Crippen MR) is 109 cm³/mol. The van der Waals surface area contributed by atoms with Crippen molar-refractivity contribution >= 4 is 11.6 Å². The predicted octanol–water partition coefficient (Wildman–Crippen LogP) is 2.06. The number of carbonyl (C=O) groups excluding carboxylic acids is 1. The van der Waals surface area contributed by atoms with Crippen molar-refractivity contribution in [3.63, 3.8) is 0 Å². The minimum absolute atomic E-state index is 0.158. The van der Waals surface area contributed by atoms with Gasteiger partial charge in [0.2, 0.25) is 0 Å². The SMILES string of the molecule is CC(CN1CCN(C)CC1)Nc1ccnc(C(=O)NCc2ccccc2)c1. The van der Waals surface area contributed by atoms with Crippen LogP contribution in [0, 0.1) is 0 Å². The fraction of sp³-hybridized carbons (Fsp3) is 0.429. The standard InChI is InChI=1S/C21H29N5O/c1-17(16-26-12-10-25(2)11-13-26)24-19-8-9-22-20(14-19)21(27)23-15-18-6-4-3-5-7-18/h3-9,14,17H,10-13,15-16H2,1-2H3,(H,22,24)(H,23,27). The fourth-order valence-electron chi connectivity index (χ4n) is 3.26. The van der Waals surface area contributed by atoms with Crippen molar-refractivity contribution in [1.29, 1.82) is 0 Å². The van der Waals surface area contributed by atoms with Gasteiger partial charge in [-0.3, -0.25) is 14.7 Å². The Morgan fingerprint density at radius 1 is 1.15 bits per heavy atom. The van der Waals surface area contributed by atoms with Crippen LogP contribution in [0.2, 0.25) is 0 Å². The van der Waals surface area contributed by atoms with E-state index in [1.54, 1.807) is 6.20 Å². The Balaban J connectivity index is 1.51. The molecule has 6 nitrogen and oxygen atoms in total. The molecule has 0 radical (unpaired) electrons. The highest BCUT2D eigenvalue weighted by Gasteiger charge is 2.16. The number of hydrogen-bond donors (Lipinski definition) is 2. The lowest BCUT2D eigenvalue weighted by molar-refractivity contribution is 0.0946. The molecule has 144 valence electrons. The number of pyridine rings is 1. The Bertz CT molecular complexity index is 728. The quantitative estimate of drug-likeness (QED) is 0.784. The molecule has 1 aliphatic heterocycles. The maximum Gasteiger partial charge on any atom is 0.270 e. The van der Waals surface area contributed by atoms with Gasteiger partial charge in [0.05, 0.1) is 0 Å². The van der Waals surface area contributed by atoms with Crippen LogP contribution in [-0.4, -0.2) is 66.5 Å². The number of likely N-dealkylation sites (N-methyl/N-ethyl adjacent to an activating group) is 1. The number of aromatic nitrogens is 1. The second-order valence-electron chi connectivity index (χ2n) is 7.25. The number of nitrogens with zero attached hydrogens (tertiary/aromatic N) is 3. The molecular weight excluding hydrogens is 338 g/mol. The number of carbonyl (C=O) groups is 1.